The molecule has 1 aromatic rings. The Morgan fingerprint density at radius 2 is 2.04 bits per heavy atom. The molecule has 0 aliphatic heterocycles. The molecular weight excluding hydrogens is 453 g/mol. The topological polar surface area (TPSA) is 63.5 Å². The number of hydrogen-bond donors (Lipinski definition) is 2. The number of halogens is 1. The molecular formula is C20H38IN5O. The normalized spacial score (nSPS) is 21.4. The average molecular weight is 491 g/mol. The van der Waals surface area contributed by atoms with Crippen molar-refractivity contribution in [3.05, 3.63) is 17.0 Å². The van der Waals surface area contributed by atoms with Crippen LogP contribution in [0.15, 0.2) is 4.99 Å². The van der Waals surface area contributed by atoms with Gasteiger partial charge in [0.05, 0.1) is 18.3 Å². The summed E-state index contributed by atoms with van der Waals surface area (Å²) in [5.41, 5.74) is 3.55. The first-order valence-electron chi connectivity index (χ1n) is 9.96. The number of ether oxygens (including phenoxy) is 1. The van der Waals surface area contributed by atoms with Gasteiger partial charge in [0.15, 0.2) is 5.96 Å². The predicted molar refractivity (Wildman–Crippen MR) is 123 cm³/mol. The maximum atomic E-state index is 6.06. The zero-order chi connectivity index (χ0) is 19.3. The molecule has 2 unspecified atom stereocenters. The highest BCUT2D eigenvalue weighted by Crippen LogP contribution is 2.42. The van der Waals surface area contributed by atoms with Crippen molar-refractivity contribution < 1.29 is 4.74 Å². The summed E-state index contributed by atoms with van der Waals surface area (Å²) in [5.74, 6) is 0.875. The minimum atomic E-state index is 0. The van der Waals surface area contributed by atoms with Gasteiger partial charge >= 0.3 is 0 Å². The molecule has 1 heterocycles. The first kappa shape index (κ1) is 24.2. The highest BCUT2D eigenvalue weighted by molar-refractivity contribution is 14.0. The quantitative estimate of drug-likeness (QED) is 0.252. The summed E-state index contributed by atoms with van der Waals surface area (Å²) in [6.07, 6.45) is 3.68. The van der Waals surface area contributed by atoms with E-state index in [0.29, 0.717) is 18.7 Å². The van der Waals surface area contributed by atoms with Gasteiger partial charge < -0.3 is 15.4 Å². The molecule has 2 rings (SSSR count). The van der Waals surface area contributed by atoms with Crippen molar-refractivity contribution in [3.8, 4) is 0 Å². The van der Waals surface area contributed by atoms with E-state index >= 15 is 0 Å². The first-order valence-corrected chi connectivity index (χ1v) is 9.96. The highest BCUT2D eigenvalue weighted by atomic mass is 127. The molecule has 0 aromatic carbocycles. The van der Waals surface area contributed by atoms with Crippen LogP contribution in [0.25, 0.3) is 0 Å². The molecule has 1 aromatic heterocycles. The Morgan fingerprint density at radius 3 is 2.56 bits per heavy atom. The van der Waals surface area contributed by atoms with Gasteiger partial charge in [0.25, 0.3) is 0 Å². The molecule has 0 bridgehead atoms. The third-order valence-corrected chi connectivity index (χ3v) is 5.70. The van der Waals surface area contributed by atoms with E-state index in [-0.39, 0.29) is 29.4 Å². The van der Waals surface area contributed by atoms with Crippen LogP contribution in [0.1, 0.15) is 63.9 Å². The fourth-order valence-electron chi connectivity index (χ4n) is 3.47. The van der Waals surface area contributed by atoms with Crippen molar-refractivity contribution >= 4 is 29.9 Å². The van der Waals surface area contributed by atoms with Crippen molar-refractivity contribution in [3.63, 3.8) is 0 Å². The van der Waals surface area contributed by atoms with Gasteiger partial charge in [0.1, 0.15) is 0 Å². The molecule has 7 heteroatoms. The second kappa shape index (κ2) is 10.6. The fraction of sp³-hybridized carbons (Fsp3) is 0.800. The summed E-state index contributed by atoms with van der Waals surface area (Å²) < 4.78 is 7.98. The number of guanidine groups is 1. The standard InChI is InChI=1S/C20H37N5O.HI/c1-8-10-11-26-18-12-17(20(18,5)6)23-19(21-9-2)22-13-16-14(3)24-25(7)15(16)4;/h17-18H,8-13H2,1-7H3,(H2,21,22,23);1H. The van der Waals surface area contributed by atoms with Gasteiger partial charge in [-0.2, -0.15) is 5.10 Å². The molecule has 0 spiro atoms. The van der Waals surface area contributed by atoms with E-state index in [1.54, 1.807) is 0 Å². The number of hydrogen-bond acceptors (Lipinski definition) is 3. The van der Waals surface area contributed by atoms with Crippen LogP contribution in [0.4, 0.5) is 0 Å². The fourth-order valence-corrected chi connectivity index (χ4v) is 3.47. The van der Waals surface area contributed by atoms with Gasteiger partial charge in [-0.1, -0.05) is 27.2 Å². The lowest BCUT2D eigenvalue weighted by molar-refractivity contribution is -0.113. The zero-order valence-electron chi connectivity index (χ0n) is 18.1. The summed E-state index contributed by atoms with van der Waals surface area (Å²) in [6.45, 7) is 15.4. The van der Waals surface area contributed by atoms with Gasteiger partial charge in [-0.15, -0.1) is 24.0 Å². The molecule has 1 aliphatic rings. The Balaban J connectivity index is 0.00000364. The number of rotatable bonds is 8. The van der Waals surface area contributed by atoms with Crippen LogP contribution in [-0.2, 0) is 18.3 Å². The second-order valence-electron chi connectivity index (χ2n) is 7.94. The maximum Gasteiger partial charge on any atom is 0.191 e. The summed E-state index contributed by atoms with van der Waals surface area (Å²) in [5, 5.41) is 11.5. The molecule has 0 saturated heterocycles. The zero-order valence-corrected chi connectivity index (χ0v) is 20.4. The molecule has 156 valence electrons. The van der Waals surface area contributed by atoms with E-state index in [0.717, 1.165) is 37.6 Å². The monoisotopic (exact) mass is 491 g/mol. The Hall–Kier alpha value is -0.830. The Bertz CT molecular complexity index is 626. The summed E-state index contributed by atoms with van der Waals surface area (Å²) in [4.78, 5) is 4.81. The van der Waals surface area contributed by atoms with Crippen LogP contribution in [0.2, 0.25) is 0 Å². The van der Waals surface area contributed by atoms with Crippen LogP contribution in [0.3, 0.4) is 0 Å². The Kier molecular flexibility index (Phi) is 9.54. The second-order valence-corrected chi connectivity index (χ2v) is 7.94. The van der Waals surface area contributed by atoms with E-state index in [1.165, 1.54) is 17.7 Å². The van der Waals surface area contributed by atoms with Crippen LogP contribution in [0.5, 0.6) is 0 Å². The van der Waals surface area contributed by atoms with Gasteiger partial charge in [-0.3, -0.25) is 4.68 Å². The minimum Gasteiger partial charge on any atom is -0.378 e. The van der Waals surface area contributed by atoms with Gasteiger partial charge in [-0.25, -0.2) is 4.99 Å². The number of aliphatic imine (C=N–C) groups is 1. The summed E-state index contributed by atoms with van der Waals surface area (Å²) >= 11 is 0. The molecule has 6 nitrogen and oxygen atoms in total. The largest absolute Gasteiger partial charge is 0.378 e. The highest BCUT2D eigenvalue weighted by Gasteiger charge is 2.49. The lowest BCUT2D eigenvalue weighted by Gasteiger charge is -2.52. The molecule has 2 atom stereocenters. The Morgan fingerprint density at radius 1 is 1.33 bits per heavy atom. The van der Waals surface area contributed by atoms with E-state index in [2.05, 4.69) is 50.4 Å². The molecule has 1 fully saturated rings. The number of unbranched alkanes of at least 4 members (excludes halogenated alkanes) is 1. The van der Waals surface area contributed by atoms with E-state index in [1.807, 2.05) is 18.7 Å². The van der Waals surface area contributed by atoms with E-state index in [9.17, 15) is 0 Å². The minimum absolute atomic E-state index is 0. The SMILES string of the molecule is CCCCOC1CC(NC(=NCc2c(C)nn(C)c2C)NCC)C1(C)C.I. The van der Waals surface area contributed by atoms with Crippen LogP contribution >= 0.6 is 24.0 Å². The van der Waals surface area contributed by atoms with Gasteiger partial charge in [-0.05, 0) is 33.6 Å². The number of aryl methyl sites for hydroxylation is 2. The molecule has 2 N–H and O–H groups in total. The maximum absolute atomic E-state index is 6.06. The van der Waals surface area contributed by atoms with E-state index < -0.39 is 0 Å². The molecule has 1 aliphatic carbocycles. The summed E-state index contributed by atoms with van der Waals surface area (Å²) in [7, 11) is 1.98. The van der Waals surface area contributed by atoms with E-state index in [4.69, 9.17) is 9.73 Å². The van der Waals surface area contributed by atoms with Crippen LogP contribution in [-0.4, -0.2) is 41.0 Å². The van der Waals surface area contributed by atoms with Crippen molar-refractivity contribution in [2.24, 2.45) is 17.5 Å². The molecule has 0 amide bonds. The predicted octanol–water partition coefficient (Wildman–Crippen LogP) is 3.69. The smallest absolute Gasteiger partial charge is 0.191 e. The third-order valence-electron chi connectivity index (χ3n) is 5.70. The average Bonchev–Trinajstić information content (AvgIpc) is 2.83. The third kappa shape index (κ3) is 5.82. The van der Waals surface area contributed by atoms with Gasteiger partial charge in [0.2, 0.25) is 0 Å². The summed E-state index contributed by atoms with van der Waals surface area (Å²) in [6, 6.07) is 0.378. The number of nitrogens with one attached hydrogen (secondary N) is 2. The Labute approximate surface area is 181 Å². The molecule has 1 saturated carbocycles. The lowest BCUT2D eigenvalue weighted by Crippen LogP contribution is -2.63. The van der Waals surface area contributed by atoms with Crippen molar-refractivity contribution in [1.82, 2.24) is 20.4 Å². The van der Waals surface area contributed by atoms with Crippen LogP contribution in [0, 0.1) is 19.3 Å². The molecule has 0 radical (unpaired) electrons. The van der Waals surface area contributed by atoms with Gasteiger partial charge in [0, 0.05) is 42.9 Å². The van der Waals surface area contributed by atoms with Crippen molar-refractivity contribution in [1.29, 1.82) is 0 Å². The molecule has 27 heavy (non-hydrogen) atoms. The van der Waals surface area contributed by atoms with Crippen molar-refractivity contribution in [2.75, 3.05) is 13.2 Å². The van der Waals surface area contributed by atoms with Crippen molar-refractivity contribution in [2.45, 2.75) is 79.5 Å². The number of aromatic nitrogens is 2. The number of nitrogens with zero attached hydrogens (tertiary/aromatic N) is 3. The first-order chi connectivity index (χ1) is 12.3. The lowest BCUT2D eigenvalue weighted by atomic mass is 9.64. The van der Waals surface area contributed by atoms with Crippen LogP contribution < -0.4 is 10.6 Å².